The summed E-state index contributed by atoms with van der Waals surface area (Å²) in [6, 6.07) is 0.00795. The third-order valence-corrected chi connectivity index (χ3v) is 3.32. The standard InChI is InChI=1S/C12H16N2O5/c15-9-3-4-10(16)13(9)6-5-11(17)14(7-12(18)19)8-1-2-8/h8H,1-7H2,(H,18,19). The number of aliphatic carboxylic acids is 1. The number of carbonyl (C=O) groups excluding carboxylic acids is 3. The first-order valence-corrected chi connectivity index (χ1v) is 6.33. The highest BCUT2D eigenvalue weighted by Gasteiger charge is 2.35. The molecule has 1 N–H and O–H groups in total. The van der Waals surface area contributed by atoms with E-state index in [0.717, 1.165) is 17.7 Å². The first-order chi connectivity index (χ1) is 8.99. The molecule has 0 radical (unpaired) electrons. The van der Waals surface area contributed by atoms with Gasteiger partial charge in [0.05, 0.1) is 0 Å². The summed E-state index contributed by atoms with van der Waals surface area (Å²) in [4.78, 5) is 47.8. The number of rotatable bonds is 6. The van der Waals surface area contributed by atoms with Gasteiger partial charge in [0, 0.05) is 31.8 Å². The zero-order valence-corrected chi connectivity index (χ0v) is 10.5. The average Bonchev–Trinajstić information content (AvgIpc) is 3.12. The molecule has 7 heteroatoms. The molecule has 2 rings (SSSR count). The van der Waals surface area contributed by atoms with Crippen LogP contribution >= 0.6 is 0 Å². The van der Waals surface area contributed by atoms with E-state index in [-0.39, 0.29) is 56.1 Å². The summed E-state index contributed by atoms with van der Waals surface area (Å²) >= 11 is 0. The number of hydrogen-bond acceptors (Lipinski definition) is 4. The van der Waals surface area contributed by atoms with E-state index in [2.05, 4.69) is 0 Å². The van der Waals surface area contributed by atoms with Crippen molar-refractivity contribution in [3.8, 4) is 0 Å². The second-order valence-corrected chi connectivity index (χ2v) is 4.84. The lowest BCUT2D eigenvalue weighted by molar-refractivity contribution is -0.146. The summed E-state index contributed by atoms with van der Waals surface area (Å²) < 4.78 is 0. The fourth-order valence-electron chi connectivity index (χ4n) is 2.18. The van der Waals surface area contributed by atoms with Crippen LogP contribution in [0.15, 0.2) is 0 Å². The Kier molecular flexibility index (Phi) is 3.82. The van der Waals surface area contributed by atoms with Crippen LogP contribution in [-0.4, -0.2) is 57.7 Å². The minimum Gasteiger partial charge on any atom is -0.480 e. The highest BCUT2D eigenvalue weighted by molar-refractivity contribution is 6.02. The Morgan fingerprint density at radius 1 is 1.21 bits per heavy atom. The lowest BCUT2D eigenvalue weighted by Crippen LogP contribution is -2.40. The largest absolute Gasteiger partial charge is 0.480 e. The van der Waals surface area contributed by atoms with Crippen molar-refractivity contribution in [2.24, 2.45) is 0 Å². The monoisotopic (exact) mass is 268 g/mol. The maximum Gasteiger partial charge on any atom is 0.323 e. The van der Waals surface area contributed by atoms with Crippen LogP contribution < -0.4 is 0 Å². The maximum absolute atomic E-state index is 11.9. The van der Waals surface area contributed by atoms with Gasteiger partial charge in [-0.2, -0.15) is 0 Å². The van der Waals surface area contributed by atoms with E-state index >= 15 is 0 Å². The van der Waals surface area contributed by atoms with Crippen LogP contribution in [0.3, 0.4) is 0 Å². The van der Waals surface area contributed by atoms with Gasteiger partial charge < -0.3 is 10.0 Å². The van der Waals surface area contributed by atoms with Gasteiger partial charge in [0.2, 0.25) is 17.7 Å². The van der Waals surface area contributed by atoms with Crippen LogP contribution in [0.5, 0.6) is 0 Å². The zero-order chi connectivity index (χ0) is 14.0. The second kappa shape index (κ2) is 5.38. The van der Waals surface area contributed by atoms with E-state index in [4.69, 9.17) is 5.11 Å². The summed E-state index contributed by atoms with van der Waals surface area (Å²) in [6.45, 7) is -0.259. The highest BCUT2D eigenvalue weighted by atomic mass is 16.4. The molecular formula is C12H16N2O5. The van der Waals surface area contributed by atoms with E-state index in [0.29, 0.717) is 0 Å². The van der Waals surface area contributed by atoms with Crippen LogP contribution in [0.25, 0.3) is 0 Å². The molecule has 3 amide bonds. The normalized spacial score (nSPS) is 18.8. The molecule has 0 aromatic rings. The molecule has 0 spiro atoms. The molecule has 1 saturated carbocycles. The minimum atomic E-state index is -1.05. The van der Waals surface area contributed by atoms with Crippen LogP contribution in [0.2, 0.25) is 0 Å². The smallest absolute Gasteiger partial charge is 0.323 e. The Hall–Kier alpha value is -1.92. The average molecular weight is 268 g/mol. The first-order valence-electron chi connectivity index (χ1n) is 6.33. The van der Waals surface area contributed by atoms with Crippen molar-refractivity contribution < 1.29 is 24.3 Å². The number of carboxylic acids is 1. The molecule has 0 unspecified atom stereocenters. The summed E-state index contributed by atoms with van der Waals surface area (Å²) in [7, 11) is 0. The molecule has 1 aliphatic carbocycles. The second-order valence-electron chi connectivity index (χ2n) is 4.84. The van der Waals surface area contributed by atoms with E-state index in [9.17, 15) is 19.2 Å². The van der Waals surface area contributed by atoms with Crippen molar-refractivity contribution in [3.63, 3.8) is 0 Å². The Morgan fingerprint density at radius 3 is 2.26 bits per heavy atom. The number of carbonyl (C=O) groups is 4. The van der Waals surface area contributed by atoms with Gasteiger partial charge in [0.25, 0.3) is 0 Å². The molecule has 1 heterocycles. The number of nitrogens with zero attached hydrogens (tertiary/aromatic N) is 2. The van der Waals surface area contributed by atoms with E-state index in [1.165, 1.54) is 4.90 Å². The summed E-state index contributed by atoms with van der Waals surface area (Å²) in [5.41, 5.74) is 0. The van der Waals surface area contributed by atoms with Crippen LogP contribution in [0.4, 0.5) is 0 Å². The van der Waals surface area contributed by atoms with Crippen molar-refractivity contribution in [2.45, 2.75) is 38.1 Å². The molecule has 0 atom stereocenters. The predicted octanol–water partition coefficient (Wildman–Crippen LogP) is -0.399. The van der Waals surface area contributed by atoms with Gasteiger partial charge >= 0.3 is 5.97 Å². The number of likely N-dealkylation sites (tertiary alicyclic amines) is 1. The Bertz CT molecular complexity index is 414. The fraction of sp³-hybridized carbons (Fsp3) is 0.667. The summed E-state index contributed by atoms with van der Waals surface area (Å²) in [5, 5.41) is 8.76. The third-order valence-electron chi connectivity index (χ3n) is 3.32. The van der Waals surface area contributed by atoms with E-state index in [1.807, 2.05) is 0 Å². The Labute approximate surface area is 110 Å². The molecule has 1 saturated heterocycles. The molecule has 1 aliphatic heterocycles. The zero-order valence-electron chi connectivity index (χ0n) is 10.5. The van der Waals surface area contributed by atoms with Crippen molar-refractivity contribution in [1.82, 2.24) is 9.80 Å². The van der Waals surface area contributed by atoms with Gasteiger partial charge in [0.1, 0.15) is 6.54 Å². The van der Waals surface area contributed by atoms with Crippen LogP contribution in [-0.2, 0) is 19.2 Å². The van der Waals surface area contributed by atoms with E-state index < -0.39 is 5.97 Å². The van der Waals surface area contributed by atoms with Crippen molar-refractivity contribution >= 4 is 23.7 Å². The highest BCUT2D eigenvalue weighted by Crippen LogP contribution is 2.27. The molecule has 2 aliphatic rings. The molecule has 0 aromatic heterocycles. The molecule has 104 valence electrons. The number of imide groups is 1. The lowest BCUT2D eigenvalue weighted by atomic mass is 10.3. The summed E-state index contributed by atoms with van der Waals surface area (Å²) in [6.07, 6.45) is 2.05. The van der Waals surface area contributed by atoms with Gasteiger partial charge in [-0.25, -0.2) is 0 Å². The molecular weight excluding hydrogens is 252 g/mol. The van der Waals surface area contributed by atoms with Crippen molar-refractivity contribution in [2.75, 3.05) is 13.1 Å². The topological polar surface area (TPSA) is 95.0 Å². The van der Waals surface area contributed by atoms with Gasteiger partial charge in [-0.1, -0.05) is 0 Å². The number of carboxylic acid groups (broad SMARTS) is 1. The number of amides is 3. The molecule has 0 aromatic carbocycles. The van der Waals surface area contributed by atoms with Crippen LogP contribution in [0, 0.1) is 0 Å². The Balaban J connectivity index is 1.87. The van der Waals surface area contributed by atoms with Gasteiger partial charge in [-0.3, -0.25) is 24.1 Å². The van der Waals surface area contributed by atoms with Crippen molar-refractivity contribution in [1.29, 1.82) is 0 Å². The third kappa shape index (κ3) is 3.30. The van der Waals surface area contributed by atoms with Gasteiger partial charge in [0.15, 0.2) is 0 Å². The van der Waals surface area contributed by atoms with E-state index in [1.54, 1.807) is 0 Å². The Morgan fingerprint density at radius 2 is 1.79 bits per heavy atom. The molecule has 7 nitrogen and oxygen atoms in total. The lowest BCUT2D eigenvalue weighted by Gasteiger charge is -2.21. The van der Waals surface area contributed by atoms with Crippen LogP contribution in [0.1, 0.15) is 32.1 Å². The van der Waals surface area contributed by atoms with Gasteiger partial charge in [-0.05, 0) is 12.8 Å². The quantitative estimate of drug-likeness (QED) is 0.661. The number of hydrogen-bond donors (Lipinski definition) is 1. The molecule has 19 heavy (non-hydrogen) atoms. The summed E-state index contributed by atoms with van der Waals surface area (Å²) in [5.74, 6) is -1.87. The van der Waals surface area contributed by atoms with Gasteiger partial charge in [-0.15, -0.1) is 0 Å². The predicted molar refractivity (Wildman–Crippen MR) is 62.9 cm³/mol. The minimum absolute atomic E-state index is 0.00125. The molecule has 2 fully saturated rings. The SMILES string of the molecule is O=C(O)CN(C(=O)CCN1C(=O)CCC1=O)C1CC1. The van der Waals surface area contributed by atoms with Crippen molar-refractivity contribution in [3.05, 3.63) is 0 Å². The maximum atomic E-state index is 11.9. The first kappa shape index (κ1) is 13.5. The fourth-order valence-corrected chi connectivity index (χ4v) is 2.18. The molecule has 0 bridgehead atoms.